The van der Waals surface area contributed by atoms with E-state index in [4.69, 9.17) is 4.74 Å². The highest BCUT2D eigenvalue weighted by Gasteiger charge is 2.34. The van der Waals surface area contributed by atoms with E-state index in [0.29, 0.717) is 38.9 Å². The fourth-order valence-electron chi connectivity index (χ4n) is 2.63. The Morgan fingerprint density at radius 1 is 1.37 bits per heavy atom. The summed E-state index contributed by atoms with van der Waals surface area (Å²) in [4.78, 5) is 0. The number of nitrogens with one attached hydrogen (secondary N) is 1. The van der Waals surface area contributed by atoms with Crippen LogP contribution in [0.25, 0.3) is 0 Å². The fourth-order valence-corrected chi connectivity index (χ4v) is 4.44. The van der Waals surface area contributed by atoms with Gasteiger partial charge in [0.1, 0.15) is 0 Å². The molecule has 0 amide bonds. The maximum atomic E-state index is 12.7. The van der Waals surface area contributed by atoms with Gasteiger partial charge in [-0.1, -0.05) is 0 Å². The van der Waals surface area contributed by atoms with Gasteiger partial charge in [-0.25, -0.2) is 0 Å². The summed E-state index contributed by atoms with van der Waals surface area (Å²) in [6.45, 7) is 7.35. The summed E-state index contributed by atoms with van der Waals surface area (Å²) >= 11 is 0. The SMILES string of the molecule is CC(C)N(CC1CCCN1)S(=O)(=O)N1CCOCC1. The summed E-state index contributed by atoms with van der Waals surface area (Å²) in [7, 11) is -3.36. The van der Waals surface area contributed by atoms with Crippen LogP contribution >= 0.6 is 0 Å². The van der Waals surface area contributed by atoms with Crippen LogP contribution in [0.4, 0.5) is 0 Å². The van der Waals surface area contributed by atoms with E-state index in [0.717, 1.165) is 19.4 Å². The van der Waals surface area contributed by atoms with Crippen LogP contribution in [0.3, 0.4) is 0 Å². The highest BCUT2D eigenvalue weighted by atomic mass is 32.2. The smallest absolute Gasteiger partial charge is 0.282 e. The molecule has 2 saturated heterocycles. The standard InChI is InChI=1S/C12H25N3O3S/c1-11(2)15(10-12-4-3-5-13-12)19(16,17)14-6-8-18-9-7-14/h11-13H,3-10H2,1-2H3. The third-order valence-corrected chi connectivity index (χ3v) is 5.91. The van der Waals surface area contributed by atoms with E-state index in [1.54, 1.807) is 8.61 Å². The lowest BCUT2D eigenvalue weighted by atomic mass is 10.2. The molecular formula is C12H25N3O3S. The van der Waals surface area contributed by atoms with Gasteiger partial charge in [0.15, 0.2) is 0 Å². The third kappa shape index (κ3) is 3.66. The minimum Gasteiger partial charge on any atom is -0.379 e. The molecule has 0 aromatic carbocycles. The molecule has 6 nitrogen and oxygen atoms in total. The maximum Gasteiger partial charge on any atom is 0.282 e. The van der Waals surface area contributed by atoms with Crippen molar-refractivity contribution in [3.8, 4) is 0 Å². The van der Waals surface area contributed by atoms with Crippen LogP contribution in [0.1, 0.15) is 26.7 Å². The molecule has 2 aliphatic rings. The zero-order valence-corrected chi connectivity index (χ0v) is 12.7. The van der Waals surface area contributed by atoms with E-state index < -0.39 is 10.2 Å². The van der Waals surface area contributed by atoms with Crippen LogP contribution in [0.15, 0.2) is 0 Å². The normalized spacial score (nSPS) is 26.4. The Morgan fingerprint density at radius 3 is 2.58 bits per heavy atom. The van der Waals surface area contributed by atoms with Crippen LogP contribution in [-0.2, 0) is 14.9 Å². The molecule has 2 rings (SSSR count). The van der Waals surface area contributed by atoms with Gasteiger partial charge in [0.05, 0.1) is 13.2 Å². The predicted molar refractivity (Wildman–Crippen MR) is 74.2 cm³/mol. The maximum absolute atomic E-state index is 12.7. The Hall–Kier alpha value is -0.210. The van der Waals surface area contributed by atoms with E-state index in [1.807, 2.05) is 13.8 Å². The van der Waals surface area contributed by atoms with Gasteiger partial charge in [0.2, 0.25) is 0 Å². The summed E-state index contributed by atoms with van der Waals surface area (Å²) < 4.78 is 33.8. The Kier molecular flexibility index (Phi) is 5.19. The second-order valence-electron chi connectivity index (χ2n) is 5.48. The first-order valence-corrected chi connectivity index (χ1v) is 8.49. The molecular weight excluding hydrogens is 266 g/mol. The van der Waals surface area contributed by atoms with Gasteiger partial charge in [-0.05, 0) is 33.2 Å². The molecule has 0 aliphatic carbocycles. The van der Waals surface area contributed by atoms with Crippen LogP contribution < -0.4 is 5.32 Å². The molecule has 0 saturated carbocycles. The Balaban J connectivity index is 2.07. The van der Waals surface area contributed by atoms with Crippen molar-refractivity contribution in [2.24, 2.45) is 0 Å². The molecule has 2 heterocycles. The van der Waals surface area contributed by atoms with Gasteiger partial charge in [0.25, 0.3) is 10.2 Å². The molecule has 0 spiro atoms. The highest BCUT2D eigenvalue weighted by Crippen LogP contribution is 2.17. The van der Waals surface area contributed by atoms with Gasteiger partial charge < -0.3 is 10.1 Å². The van der Waals surface area contributed by atoms with E-state index in [9.17, 15) is 8.42 Å². The molecule has 2 aliphatic heterocycles. The lowest BCUT2D eigenvalue weighted by Crippen LogP contribution is -2.53. The number of hydrogen-bond donors (Lipinski definition) is 1. The van der Waals surface area contributed by atoms with Crippen molar-refractivity contribution in [2.75, 3.05) is 39.4 Å². The predicted octanol–water partition coefficient (Wildman–Crippen LogP) is 0.0258. The zero-order valence-electron chi connectivity index (χ0n) is 11.8. The topological polar surface area (TPSA) is 61.9 Å². The first-order valence-electron chi connectivity index (χ1n) is 7.10. The first-order chi connectivity index (χ1) is 9.01. The Bertz CT molecular complexity index is 374. The highest BCUT2D eigenvalue weighted by molar-refractivity contribution is 7.86. The molecule has 0 aromatic heterocycles. The van der Waals surface area contributed by atoms with Crippen molar-refractivity contribution < 1.29 is 13.2 Å². The molecule has 1 N–H and O–H groups in total. The van der Waals surface area contributed by atoms with Gasteiger partial charge >= 0.3 is 0 Å². The van der Waals surface area contributed by atoms with Gasteiger partial charge in [-0.3, -0.25) is 0 Å². The van der Waals surface area contributed by atoms with E-state index in [1.165, 1.54) is 0 Å². The van der Waals surface area contributed by atoms with Crippen molar-refractivity contribution >= 4 is 10.2 Å². The van der Waals surface area contributed by atoms with Crippen molar-refractivity contribution in [2.45, 2.75) is 38.8 Å². The lowest BCUT2D eigenvalue weighted by Gasteiger charge is -2.35. The molecule has 0 radical (unpaired) electrons. The Morgan fingerprint density at radius 2 is 2.05 bits per heavy atom. The molecule has 112 valence electrons. The average Bonchev–Trinajstić information content (AvgIpc) is 2.89. The number of morpholine rings is 1. The van der Waals surface area contributed by atoms with Crippen molar-refractivity contribution in [1.82, 2.24) is 13.9 Å². The molecule has 2 fully saturated rings. The van der Waals surface area contributed by atoms with Crippen LogP contribution in [0.5, 0.6) is 0 Å². The molecule has 1 atom stereocenters. The zero-order chi connectivity index (χ0) is 13.9. The lowest BCUT2D eigenvalue weighted by molar-refractivity contribution is 0.0693. The van der Waals surface area contributed by atoms with Crippen molar-refractivity contribution in [3.63, 3.8) is 0 Å². The van der Waals surface area contributed by atoms with Crippen LogP contribution in [-0.4, -0.2) is 68.5 Å². The van der Waals surface area contributed by atoms with E-state index in [-0.39, 0.29) is 6.04 Å². The van der Waals surface area contributed by atoms with Crippen molar-refractivity contribution in [1.29, 1.82) is 0 Å². The van der Waals surface area contributed by atoms with E-state index in [2.05, 4.69) is 5.32 Å². The number of ether oxygens (including phenoxy) is 1. The monoisotopic (exact) mass is 291 g/mol. The van der Waals surface area contributed by atoms with Gasteiger partial charge in [0, 0.05) is 31.7 Å². The summed E-state index contributed by atoms with van der Waals surface area (Å²) in [6.07, 6.45) is 2.19. The second-order valence-corrected chi connectivity index (χ2v) is 7.36. The van der Waals surface area contributed by atoms with Gasteiger partial charge in [-0.15, -0.1) is 0 Å². The minimum atomic E-state index is -3.36. The largest absolute Gasteiger partial charge is 0.379 e. The quantitative estimate of drug-likeness (QED) is 0.776. The summed E-state index contributed by atoms with van der Waals surface area (Å²) in [5.41, 5.74) is 0. The fraction of sp³-hybridized carbons (Fsp3) is 1.00. The molecule has 19 heavy (non-hydrogen) atoms. The summed E-state index contributed by atoms with van der Waals surface area (Å²) in [6, 6.07) is 0.272. The Labute approximate surface area is 116 Å². The minimum absolute atomic E-state index is 0.0183. The number of hydrogen-bond acceptors (Lipinski definition) is 4. The van der Waals surface area contributed by atoms with Crippen molar-refractivity contribution in [3.05, 3.63) is 0 Å². The van der Waals surface area contributed by atoms with E-state index >= 15 is 0 Å². The third-order valence-electron chi connectivity index (χ3n) is 3.73. The average molecular weight is 291 g/mol. The van der Waals surface area contributed by atoms with Crippen LogP contribution in [0, 0.1) is 0 Å². The molecule has 0 bridgehead atoms. The second kappa shape index (κ2) is 6.49. The summed E-state index contributed by atoms with van der Waals surface area (Å²) in [5, 5.41) is 3.37. The number of nitrogens with zero attached hydrogens (tertiary/aromatic N) is 2. The van der Waals surface area contributed by atoms with Gasteiger partial charge in [-0.2, -0.15) is 17.0 Å². The van der Waals surface area contributed by atoms with Crippen LogP contribution in [0.2, 0.25) is 0 Å². The molecule has 0 aromatic rings. The molecule has 1 unspecified atom stereocenters. The summed E-state index contributed by atoms with van der Waals surface area (Å²) in [5.74, 6) is 0. The molecule has 7 heteroatoms. The number of rotatable bonds is 5. The first kappa shape index (κ1) is 15.2.